The lowest BCUT2D eigenvalue weighted by Crippen LogP contribution is -2.28. The molecule has 0 atom stereocenters. The zero-order chi connectivity index (χ0) is 12.3. The number of anilines is 1. The maximum Gasteiger partial charge on any atom is 0.319 e. The third-order valence-corrected chi connectivity index (χ3v) is 2.63. The van der Waals surface area contributed by atoms with Gasteiger partial charge in [-0.3, -0.25) is 4.98 Å². The minimum Gasteiger partial charge on any atom is -0.338 e. The van der Waals surface area contributed by atoms with Crippen molar-refractivity contribution in [1.29, 1.82) is 0 Å². The lowest BCUT2D eigenvalue weighted by Gasteiger charge is -2.09. The van der Waals surface area contributed by atoms with Crippen molar-refractivity contribution in [2.45, 2.75) is 6.92 Å². The van der Waals surface area contributed by atoms with Crippen LogP contribution >= 0.6 is 11.6 Å². The highest BCUT2D eigenvalue weighted by molar-refractivity contribution is 6.35. The van der Waals surface area contributed by atoms with Crippen molar-refractivity contribution in [3.8, 4) is 0 Å². The van der Waals surface area contributed by atoms with E-state index < -0.39 is 0 Å². The van der Waals surface area contributed by atoms with Gasteiger partial charge in [-0.1, -0.05) is 11.6 Å². The number of carbonyl (C=O) groups excluding carboxylic acids is 1. The van der Waals surface area contributed by atoms with E-state index >= 15 is 0 Å². The van der Waals surface area contributed by atoms with Crippen LogP contribution in [0.3, 0.4) is 0 Å². The van der Waals surface area contributed by atoms with Gasteiger partial charge in [0, 0.05) is 18.1 Å². The van der Waals surface area contributed by atoms with Crippen LogP contribution in [-0.4, -0.2) is 17.6 Å². The summed E-state index contributed by atoms with van der Waals surface area (Å²) in [6.07, 6.45) is 1.67. The van der Waals surface area contributed by atoms with E-state index in [0.717, 1.165) is 5.39 Å². The molecular formula is C12H12ClN3O. The number of halogens is 1. The normalized spacial score (nSPS) is 10.2. The SMILES string of the molecule is CCNC(=O)Nc1ccc(Cl)c2cccnc12. The number of hydrogen-bond donors (Lipinski definition) is 2. The average Bonchev–Trinajstić information content (AvgIpc) is 2.34. The Balaban J connectivity index is 2.41. The smallest absolute Gasteiger partial charge is 0.319 e. The fraction of sp³-hybridized carbons (Fsp3) is 0.167. The second-order valence-corrected chi connectivity index (χ2v) is 3.89. The van der Waals surface area contributed by atoms with Gasteiger partial charge in [0.15, 0.2) is 0 Å². The minimum absolute atomic E-state index is 0.248. The highest BCUT2D eigenvalue weighted by Crippen LogP contribution is 2.27. The molecule has 0 aliphatic carbocycles. The van der Waals surface area contributed by atoms with Crippen molar-refractivity contribution in [2.24, 2.45) is 0 Å². The number of fused-ring (bicyclic) bond motifs is 1. The molecule has 2 rings (SSSR count). The summed E-state index contributed by atoms with van der Waals surface area (Å²) >= 11 is 6.06. The lowest BCUT2D eigenvalue weighted by molar-refractivity contribution is 0.252. The molecule has 5 heteroatoms. The molecule has 0 fully saturated rings. The second-order valence-electron chi connectivity index (χ2n) is 3.48. The molecule has 0 aliphatic heterocycles. The van der Waals surface area contributed by atoms with E-state index in [4.69, 9.17) is 11.6 Å². The second kappa shape index (κ2) is 5.01. The van der Waals surface area contributed by atoms with Gasteiger partial charge >= 0.3 is 6.03 Å². The molecule has 1 heterocycles. The largest absolute Gasteiger partial charge is 0.338 e. The van der Waals surface area contributed by atoms with Gasteiger partial charge in [-0.25, -0.2) is 4.79 Å². The van der Waals surface area contributed by atoms with Gasteiger partial charge in [0.2, 0.25) is 0 Å². The van der Waals surface area contributed by atoms with Crippen LogP contribution in [0.15, 0.2) is 30.5 Å². The van der Waals surface area contributed by atoms with E-state index in [1.165, 1.54) is 0 Å². The van der Waals surface area contributed by atoms with E-state index in [1.54, 1.807) is 18.3 Å². The molecule has 4 nitrogen and oxygen atoms in total. The maximum absolute atomic E-state index is 11.5. The fourth-order valence-corrected chi connectivity index (χ4v) is 1.78. The Bertz CT molecular complexity index is 556. The molecule has 0 radical (unpaired) electrons. The van der Waals surface area contributed by atoms with Crippen molar-refractivity contribution in [3.05, 3.63) is 35.5 Å². The predicted octanol–water partition coefficient (Wildman–Crippen LogP) is 3.03. The number of urea groups is 1. The predicted molar refractivity (Wildman–Crippen MR) is 69.4 cm³/mol. The Kier molecular flexibility index (Phi) is 3.44. The molecular weight excluding hydrogens is 238 g/mol. The van der Waals surface area contributed by atoms with Crippen LogP contribution in [0, 0.1) is 0 Å². The van der Waals surface area contributed by atoms with Crippen LogP contribution in [0.4, 0.5) is 10.5 Å². The molecule has 0 bridgehead atoms. The molecule has 2 amide bonds. The van der Waals surface area contributed by atoms with Gasteiger partial charge in [-0.15, -0.1) is 0 Å². The van der Waals surface area contributed by atoms with E-state index in [2.05, 4.69) is 15.6 Å². The molecule has 2 N–H and O–H groups in total. The molecule has 88 valence electrons. The standard InChI is InChI=1S/C12H12ClN3O/c1-2-14-12(17)16-10-6-5-9(13)8-4-3-7-15-11(8)10/h3-7H,2H2,1H3,(H2,14,16,17). The Labute approximate surface area is 104 Å². The van der Waals surface area contributed by atoms with Crippen LogP contribution < -0.4 is 10.6 Å². The Morgan fingerprint density at radius 3 is 3.00 bits per heavy atom. The van der Waals surface area contributed by atoms with Crippen LogP contribution in [0.1, 0.15) is 6.92 Å². The van der Waals surface area contributed by atoms with Crippen molar-refractivity contribution in [3.63, 3.8) is 0 Å². The first kappa shape index (κ1) is 11.7. The number of rotatable bonds is 2. The zero-order valence-corrected chi connectivity index (χ0v) is 10.1. The molecule has 0 spiro atoms. The summed E-state index contributed by atoms with van der Waals surface area (Å²) in [7, 11) is 0. The van der Waals surface area contributed by atoms with Gasteiger partial charge in [0.25, 0.3) is 0 Å². The summed E-state index contributed by atoms with van der Waals surface area (Å²) in [6.45, 7) is 2.43. The molecule has 1 aromatic heterocycles. The first-order valence-electron chi connectivity index (χ1n) is 5.30. The third-order valence-electron chi connectivity index (χ3n) is 2.30. The molecule has 0 unspecified atom stereocenters. The van der Waals surface area contributed by atoms with Gasteiger partial charge in [0.1, 0.15) is 0 Å². The number of pyridine rings is 1. The summed E-state index contributed by atoms with van der Waals surface area (Å²) in [5.74, 6) is 0. The quantitative estimate of drug-likeness (QED) is 0.860. The maximum atomic E-state index is 11.5. The lowest BCUT2D eigenvalue weighted by atomic mass is 10.2. The van der Waals surface area contributed by atoms with E-state index in [9.17, 15) is 4.79 Å². The highest BCUT2D eigenvalue weighted by atomic mass is 35.5. The Hall–Kier alpha value is -1.81. The van der Waals surface area contributed by atoms with Crippen molar-refractivity contribution in [2.75, 3.05) is 11.9 Å². The first-order valence-corrected chi connectivity index (χ1v) is 5.68. The van der Waals surface area contributed by atoms with Gasteiger partial charge < -0.3 is 10.6 Å². The minimum atomic E-state index is -0.248. The number of amides is 2. The van der Waals surface area contributed by atoms with Crippen molar-refractivity contribution < 1.29 is 4.79 Å². The summed E-state index contributed by atoms with van der Waals surface area (Å²) in [6, 6.07) is 6.92. The molecule has 17 heavy (non-hydrogen) atoms. The summed E-state index contributed by atoms with van der Waals surface area (Å²) < 4.78 is 0. The Morgan fingerprint density at radius 2 is 2.24 bits per heavy atom. The van der Waals surface area contributed by atoms with Gasteiger partial charge in [-0.2, -0.15) is 0 Å². The third kappa shape index (κ3) is 2.47. The van der Waals surface area contributed by atoms with Gasteiger partial charge in [0.05, 0.1) is 16.2 Å². The van der Waals surface area contributed by atoms with E-state index in [0.29, 0.717) is 22.8 Å². The van der Waals surface area contributed by atoms with Crippen molar-refractivity contribution in [1.82, 2.24) is 10.3 Å². The molecule has 0 saturated heterocycles. The molecule has 0 aliphatic rings. The van der Waals surface area contributed by atoms with Crippen LogP contribution in [0.25, 0.3) is 10.9 Å². The summed E-state index contributed by atoms with van der Waals surface area (Å²) in [4.78, 5) is 15.7. The Morgan fingerprint density at radius 1 is 1.41 bits per heavy atom. The monoisotopic (exact) mass is 249 g/mol. The zero-order valence-electron chi connectivity index (χ0n) is 9.33. The van der Waals surface area contributed by atoms with Crippen LogP contribution in [0.2, 0.25) is 5.02 Å². The number of hydrogen-bond acceptors (Lipinski definition) is 2. The number of benzene rings is 1. The molecule has 2 aromatic rings. The summed E-state index contributed by atoms with van der Waals surface area (Å²) in [5.41, 5.74) is 1.34. The van der Waals surface area contributed by atoms with Crippen molar-refractivity contribution >= 4 is 34.2 Å². The van der Waals surface area contributed by atoms with Gasteiger partial charge in [-0.05, 0) is 31.2 Å². The number of aromatic nitrogens is 1. The topological polar surface area (TPSA) is 54.0 Å². The highest BCUT2D eigenvalue weighted by Gasteiger charge is 2.07. The first-order chi connectivity index (χ1) is 8.22. The molecule has 0 saturated carbocycles. The fourth-order valence-electron chi connectivity index (χ4n) is 1.57. The molecule has 1 aromatic carbocycles. The number of nitrogens with one attached hydrogen (secondary N) is 2. The van der Waals surface area contributed by atoms with E-state index in [1.807, 2.05) is 19.1 Å². The number of nitrogens with zero attached hydrogens (tertiary/aromatic N) is 1. The van der Waals surface area contributed by atoms with Crippen LogP contribution in [-0.2, 0) is 0 Å². The van der Waals surface area contributed by atoms with E-state index in [-0.39, 0.29) is 6.03 Å². The van der Waals surface area contributed by atoms with Crippen LogP contribution in [0.5, 0.6) is 0 Å². The summed E-state index contributed by atoms with van der Waals surface area (Å²) in [5, 5.41) is 6.85. The average molecular weight is 250 g/mol. The number of carbonyl (C=O) groups is 1.